The summed E-state index contributed by atoms with van der Waals surface area (Å²) in [5.74, 6) is 1.30. The zero-order valence-corrected chi connectivity index (χ0v) is 19.1. The number of rotatable bonds is 6. The van der Waals surface area contributed by atoms with Gasteiger partial charge in [0.1, 0.15) is 17.1 Å². The van der Waals surface area contributed by atoms with Crippen LogP contribution < -0.4 is 10.6 Å². The predicted octanol–water partition coefficient (Wildman–Crippen LogP) is 3.92. The van der Waals surface area contributed by atoms with Gasteiger partial charge in [0.2, 0.25) is 0 Å². The maximum absolute atomic E-state index is 13.1. The number of nitrogens with zero attached hydrogens (tertiary/aromatic N) is 3. The minimum Gasteiger partial charge on any atom is -0.467 e. The van der Waals surface area contributed by atoms with Crippen LogP contribution in [0.1, 0.15) is 62.8 Å². The molecule has 8 heteroatoms. The number of hydrogen-bond donors (Lipinski definition) is 2. The average molecular weight is 458 g/mol. The Balaban J connectivity index is 1.30. The summed E-state index contributed by atoms with van der Waals surface area (Å²) in [6, 6.07) is 12.6. The van der Waals surface area contributed by atoms with Crippen LogP contribution in [0.5, 0.6) is 0 Å². The number of aryl methyl sites for hydroxylation is 3. The number of fused-ring (bicyclic) bond motifs is 3. The molecule has 4 heterocycles. The Kier molecular flexibility index (Phi) is 6.12. The van der Waals surface area contributed by atoms with Crippen LogP contribution in [0.25, 0.3) is 11.2 Å². The van der Waals surface area contributed by atoms with Gasteiger partial charge in [0, 0.05) is 30.8 Å². The van der Waals surface area contributed by atoms with Crippen molar-refractivity contribution in [1.29, 1.82) is 0 Å². The molecule has 174 valence electrons. The van der Waals surface area contributed by atoms with Crippen molar-refractivity contribution in [3.8, 4) is 0 Å². The second kappa shape index (κ2) is 9.51. The molecule has 0 atom stereocenters. The van der Waals surface area contributed by atoms with Crippen LogP contribution in [0.4, 0.5) is 0 Å². The number of nitrogens with one attached hydrogen (secondary N) is 2. The van der Waals surface area contributed by atoms with E-state index >= 15 is 0 Å². The summed E-state index contributed by atoms with van der Waals surface area (Å²) in [6.07, 6.45) is 5.87. The van der Waals surface area contributed by atoms with Gasteiger partial charge in [0.15, 0.2) is 5.65 Å². The fourth-order valence-corrected chi connectivity index (χ4v) is 4.37. The lowest BCUT2D eigenvalue weighted by atomic mass is 10.1. The van der Waals surface area contributed by atoms with Crippen molar-refractivity contribution < 1.29 is 14.0 Å². The quantitative estimate of drug-likeness (QED) is 0.457. The van der Waals surface area contributed by atoms with Crippen LogP contribution in [0.3, 0.4) is 0 Å². The number of imidazole rings is 1. The summed E-state index contributed by atoms with van der Waals surface area (Å²) in [5.41, 5.74) is 4.14. The zero-order chi connectivity index (χ0) is 23.5. The van der Waals surface area contributed by atoms with Gasteiger partial charge in [0.05, 0.1) is 18.4 Å². The molecule has 1 aliphatic rings. The molecule has 8 nitrogen and oxygen atoms in total. The number of pyridine rings is 1. The van der Waals surface area contributed by atoms with Gasteiger partial charge < -0.3 is 19.6 Å². The Morgan fingerprint density at radius 1 is 1.00 bits per heavy atom. The summed E-state index contributed by atoms with van der Waals surface area (Å²) in [7, 11) is 0. The highest BCUT2D eigenvalue weighted by Gasteiger charge is 2.20. The molecule has 2 amide bonds. The Bertz CT molecular complexity index is 1340. The molecule has 0 fully saturated rings. The van der Waals surface area contributed by atoms with Crippen molar-refractivity contribution in [3.63, 3.8) is 0 Å². The lowest BCUT2D eigenvalue weighted by Crippen LogP contribution is -2.25. The SMILES string of the molecule is Cc1cc(C(=O)NCc2cccc(C(=O)NCc3ccco3)c2)c2nc3n(c2n1)CCCCC3. The van der Waals surface area contributed by atoms with Crippen molar-refractivity contribution in [1.82, 2.24) is 25.2 Å². The first-order chi connectivity index (χ1) is 16.6. The summed E-state index contributed by atoms with van der Waals surface area (Å²) >= 11 is 0. The van der Waals surface area contributed by atoms with Gasteiger partial charge in [-0.3, -0.25) is 9.59 Å². The molecule has 4 aromatic rings. The van der Waals surface area contributed by atoms with Crippen molar-refractivity contribution in [2.45, 2.75) is 52.2 Å². The lowest BCUT2D eigenvalue weighted by Gasteiger charge is -2.09. The second-order valence-electron chi connectivity index (χ2n) is 8.62. The van der Waals surface area contributed by atoms with Gasteiger partial charge in [-0.15, -0.1) is 0 Å². The minimum atomic E-state index is -0.199. The van der Waals surface area contributed by atoms with Crippen LogP contribution >= 0.6 is 0 Å². The topological polar surface area (TPSA) is 102 Å². The highest BCUT2D eigenvalue weighted by Crippen LogP contribution is 2.24. The number of benzene rings is 1. The van der Waals surface area contributed by atoms with Gasteiger partial charge in [-0.25, -0.2) is 9.97 Å². The molecule has 0 bridgehead atoms. The second-order valence-corrected chi connectivity index (χ2v) is 8.62. The largest absolute Gasteiger partial charge is 0.467 e. The number of furan rings is 1. The maximum atomic E-state index is 13.1. The molecular formula is C26H27N5O3. The Morgan fingerprint density at radius 2 is 1.88 bits per heavy atom. The van der Waals surface area contributed by atoms with E-state index in [-0.39, 0.29) is 11.8 Å². The van der Waals surface area contributed by atoms with Crippen LogP contribution in [-0.2, 0) is 26.1 Å². The molecule has 1 aromatic carbocycles. The van der Waals surface area contributed by atoms with Crippen LogP contribution in [0, 0.1) is 6.92 Å². The third-order valence-corrected chi connectivity index (χ3v) is 6.08. The molecule has 0 unspecified atom stereocenters. The lowest BCUT2D eigenvalue weighted by molar-refractivity contribution is 0.0944. The van der Waals surface area contributed by atoms with Gasteiger partial charge in [-0.2, -0.15) is 0 Å². The molecule has 2 N–H and O–H groups in total. The Morgan fingerprint density at radius 3 is 2.74 bits per heavy atom. The third kappa shape index (κ3) is 4.57. The van der Waals surface area contributed by atoms with Gasteiger partial charge in [-0.05, 0) is 55.7 Å². The minimum absolute atomic E-state index is 0.198. The van der Waals surface area contributed by atoms with Crippen LogP contribution in [0.2, 0.25) is 0 Å². The molecule has 1 aliphatic heterocycles. The van der Waals surface area contributed by atoms with E-state index in [9.17, 15) is 9.59 Å². The molecule has 0 saturated heterocycles. The number of carbonyl (C=O) groups excluding carboxylic acids is 2. The van der Waals surface area contributed by atoms with Crippen LogP contribution in [0.15, 0.2) is 53.1 Å². The summed E-state index contributed by atoms with van der Waals surface area (Å²) in [5, 5.41) is 5.82. The molecule has 5 rings (SSSR count). The number of amides is 2. The standard InChI is InChI=1S/C26H27N5O3/c1-17-13-21(23-24(29-17)31-11-4-2-3-10-22(31)30-23)26(33)27-15-18-7-5-8-19(14-18)25(32)28-16-20-9-6-12-34-20/h5-9,12-14H,2-4,10-11,15-16H2,1H3,(H,27,33)(H,28,32). The Hall–Kier alpha value is -3.94. The van der Waals surface area contributed by atoms with E-state index in [2.05, 4.69) is 20.2 Å². The average Bonchev–Trinajstić information content (AvgIpc) is 3.42. The maximum Gasteiger partial charge on any atom is 0.253 e. The number of carbonyl (C=O) groups is 2. The smallest absolute Gasteiger partial charge is 0.253 e. The number of aromatic nitrogens is 3. The van der Waals surface area contributed by atoms with Crippen molar-refractivity contribution in [3.05, 3.63) is 82.7 Å². The zero-order valence-electron chi connectivity index (χ0n) is 19.1. The van der Waals surface area contributed by atoms with E-state index in [1.165, 1.54) is 6.42 Å². The third-order valence-electron chi connectivity index (χ3n) is 6.08. The van der Waals surface area contributed by atoms with Crippen molar-refractivity contribution in [2.24, 2.45) is 0 Å². The fraction of sp³-hybridized carbons (Fsp3) is 0.308. The van der Waals surface area contributed by atoms with Crippen LogP contribution in [-0.4, -0.2) is 26.3 Å². The Labute approximate surface area is 197 Å². The van der Waals surface area contributed by atoms with E-state index in [0.29, 0.717) is 35.5 Å². The molecule has 0 aliphatic carbocycles. The molecular weight excluding hydrogens is 430 g/mol. The molecule has 0 spiro atoms. The summed E-state index contributed by atoms with van der Waals surface area (Å²) in [4.78, 5) is 35.1. The number of hydrogen-bond acceptors (Lipinski definition) is 5. The molecule has 3 aromatic heterocycles. The van der Waals surface area contributed by atoms with Gasteiger partial charge in [0.25, 0.3) is 11.8 Å². The predicted molar refractivity (Wildman–Crippen MR) is 127 cm³/mol. The summed E-state index contributed by atoms with van der Waals surface area (Å²) in [6.45, 7) is 3.41. The fourth-order valence-electron chi connectivity index (χ4n) is 4.37. The first kappa shape index (κ1) is 21.9. The van der Waals surface area contributed by atoms with E-state index in [4.69, 9.17) is 9.40 Å². The summed E-state index contributed by atoms with van der Waals surface area (Å²) < 4.78 is 7.41. The highest BCUT2D eigenvalue weighted by molar-refractivity contribution is 6.04. The van der Waals surface area contributed by atoms with Gasteiger partial charge >= 0.3 is 0 Å². The highest BCUT2D eigenvalue weighted by atomic mass is 16.3. The van der Waals surface area contributed by atoms with E-state index in [1.807, 2.05) is 25.1 Å². The van der Waals surface area contributed by atoms with Gasteiger partial charge in [-0.1, -0.05) is 18.6 Å². The van der Waals surface area contributed by atoms with Crippen molar-refractivity contribution in [2.75, 3.05) is 0 Å². The van der Waals surface area contributed by atoms with E-state index in [1.54, 1.807) is 30.5 Å². The van der Waals surface area contributed by atoms with Crippen molar-refractivity contribution >= 4 is 23.0 Å². The van der Waals surface area contributed by atoms with E-state index < -0.39 is 0 Å². The molecule has 0 saturated carbocycles. The monoisotopic (exact) mass is 457 g/mol. The normalized spacial score (nSPS) is 13.3. The molecule has 0 radical (unpaired) electrons. The molecule has 34 heavy (non-hydrogen) atoms. The first-order valence-electron chi connectivity index (χ1n) is 11.6. The first-order valence-corrected chi connectivity index (χ1v) is 11.6. The van der Waals surface area contributed by atoms with E-state index in [0.717, 1.165) is 48.5 Å².